The summed E-state index contributed by atoms with van der Waals surface area (Å²) in [6.07, 6.45) is -1.07. The van der Waals surface area contributed by atoms with Gasteiger partial charge in [0.2, 0.25) is 0 Å². The number of anilines is 1. The first-order chi connectivity index (χ1) is 15.2. The molecule has 32 heavy (non-hydrogen) atoms. The summed E-state index contributed by atoms with van der Waals surface area (Å²) >= 11 is 0. The second-order valence-electron chi connectivity index (χ2n) is 8.51. The van der Waals surface area contributed by atoms with Crippen LogP contribution in [-0.4, -0.2) is 71.0 Å². The molecule has 0 spiro atoms. The number of likely N-dealkylation sites (tertiary alicyclic amines) is 1. The van der Waals surface area contributed by atoms with E-state index in [4.69, 9.17) is 0 Å². The Morgan fingerprint density at radius 1 is 0.969 bits per heavy atom. The molecular weight excluding hydrogens is 419 g/mol. The summed E-state index contributed by atoms with van der Waals surface area (Å²) in [6, 6.07) is 5.94. The third-order valence-corrected chi connectivity index (χ3v) is 6.56. The molecule has 2 aliphatic heterocycles. The van der Waals surface area contributed by atoms with Crippen LogP contribution in [0.5, 0.6) is 0 Å². The van der Waals surface area contributed by atoms with Gasteiger partial charge in [-0.15, -0.1) is 0 Å². The number of aryl methyl sites for hydroxylation is 2. The molecule has 0 saturated carbocycles. The highest BCUT2D eigenvalue weighted by molar-refractivity contribution is 5.96. The van der Waals surface area contributed by atoms with Gasteiger partial charge >= 0.3 is 6.18 Å². The molecule has 4 rings (SSSR count). The number of aromatic nitrogens is 2. The minimum absolute atomic E-state index is 0.00610. The smallest absolute Gasteiger partial charge is 0.369 e. The molecule has 1 aromatic heterocycles. The molecule has 2 saturated heterocycles. The molecule has 2 aromatic rings. The molecule has 2 aliphatic rings. The number of hydrogen-bond acceptors (Lipinski definition) is 5. The van der Waals surface area contributed by atoms with Crippen molar-refractivity contribution >= 4 is 11.6 Å². The van der Waals surface area contributed by atoms with E-state index in [-0.39, 0.29) is 5.91 Å². The van der Waals surface area contributed by atoms with Crippen LogP contribution < -0.4 is 4.90 Å². The fourth-order valence-corrected chi connectivity index (χ4v) is 4.72. The van der Waals surface area contributed by atoms with Crippen LogP contribution in [-0.2, 0) is 6.18 Å². The van der Waals surface area contributed by atoms with Crippen LogP contribution in [0.3, 0.4) is 0 Å². The number of piperidine rings is 1. The van der Waals surface area contributed by atoms with Gasteiger partial charge in [0, 0.05) is 51.0 Å². The normalized spacial score (nSPS) is 18.8. The summed E-state index contributed by atoms with van der Waals surface area (Å²) in [5.41, 5.74) is 2.02. The summed E-state index contributed by atoms with van der Waals surface area (Å²) < 4.78 is 39.1. The van der Waals surface area contributed by atoms with Crippen LogP contribution in [0.2, 0.25) is 0 Å². The van der Waals surface area contributed by atoms with Gasteiger partial charge in [0.25, 0.3) is 5.91 Å². The molecule has 0 N–H and O–H groups in total. The Morgan fingerprint density at radius 2 is 1.59 bits per heavy atom. The molecule has 6 nitrogen and oxygen atoms in total. The summed E-state index contributed by atoms with van der Waals surface area (Å²) in [4.78, 5) is 27.6. The number of benzene rings is 1. The van der Waals surface area contributed by atoms with Gasteiger partial charge in [-0.25, -0.2) is 9.97 Å². The van der Waals surface area contributed by atoms with Gasteiger partial charge in [0.15, 0.2) is 0 Å². The van der Waals surface area contributed by atoms with Gasteiger partial charge < -0.3 is 9.80 Å². The third-order valence-electron chi connectivity index (χ3n) is 6.56. The number of halogens is 3. The molecule has 172 valence electrons. The van der Waals surface area contributed by atoms with E-state index in [1.54, 1.807) is 6.07 Å². The maximum Gasteiger partial charge on any atom is 0.416 e. The fourth-order valence-electron chi connectivity index (χ4n) is 4.72. The molecule has 0 unspecified atom stereocenters. The van der Waals surface area contributed by atoms with E-state index in [0.717, 1.165) is 32.0 Å². The van der Waals surface area contributed by atoms with Crippen LogP contribution >= 0.6 is 0 Å². The van der Waals surface area contributed by atoms with Crippen molar-refractivity contribution in [2.24, 2.45) is 0 Å². The van der Waals surface area contributed by atoms with Crippen molar-refractivity contribution in [2.75, 3.05) is 44.2 Å². The minimum atomic E-state index is -4.33. The predicted molar refractivity (Wildman–Crippen MR) is 116 cm³/mol. The predicted octanol–water partition coefficient (Wildman–Crippen LogP) is 3.54. The number of amides is 1. The second-order valence-corrected chi connectivity index (χ2v) is 8.51. The van der Waals surface area contributed by atoms with E-state index < -0.39 is 11.7 Å². The first-order valence-corrected chi connectivity index (χ1v) is 11.0. The second kappa shape index (κ2) is 9.05. The molecule has 0 bridgehead atoms. The summed E-state index contributed by atoms with van der Waals surface area (Å²) in [7, 11) is 0. The van der Waals surface area contributed by atoms with Gasteiger partial charge in [-0.05, 0) is 44.9 Å². The number of rotatable bonds is 3. The number of piperazine rings is 1. The van der Waals surface area contributed by atoms with Crippen molar-refractivity contribution in [1.82, 2.24) is 19.8 Å². The lowest BCUT2D eigenvalue weighted by atomic mass is 10.0. The van der Waals surface area contributed by atoms with Crippen LogP contribution in [0.25, 0.3) is 0 Å². The molecule has 2 fully saturated rings. The average molecular weight is 448 g/mol. The standard InChI is InChI=1S/C23H28F3N5O/c1-16-21(17(2)28-15-27-16)22(32)31-8-6-19(7-9-31)29-10-12-30(13-11-29)20-5-3-4-18(14-20)23(24,25)26/h3-5,14-15,19H,6-13H2,1-2H3. The van der Waals surface area contributed by atoms with Crippen molar-refractivity contribution < 1.29 is 18.0 Å². The summed E-state index contributed by atoms with van der Waals surface area (Å²) in [5, 5.41) is 0. The number of alkyl halides is 3. The summed E-state index contributed by atoms with van der Waals surface area (Å²) in [6.45, 7) is 8.03. The highest BCUT2D eigenvalue weighted by Crippen LogP contribution is 2.32. The zero-order valence-corrected chi connectivity index (χ0v) is 18.4. The van der Waals surface area contributed by atoms with E-state index in [0.29, 0.717) is 54.9 Å². The molecule has 0 radical (unpaired) electrons. The lowest BCUT2D eigenvalue weighted by Gasteiger charge is -2.43. The molecule has 0 atom stereocenters. The van der Waals surface area contributed by atoms with E-state index in [1.165, 1.54) is 18.5 Å². The van der Waals surface area contributed by atoms with Crippen LogP contribution in [0.15, 0.2) is 30.6 Å². The third kappa shape index (κ3) is 4.72. The Kier molecular flexibility index (Phi) is 6.37. The lowest BCUT2D eigenvalue weighted by molar-refractivity contribution is -0.137. The van der Waals surface area contributed by atoms with Crippen molar-refractivity contribution in [1.29, 1.82) is 0 Å². The Labute approximate surface area is 186 Å². The molecule has 1 amide bonds. The lowest BCUT2D eigenvalue weighted by Crippen LogP contribution is -2.54. The maximum absolute atomic E-state index is 13.0. The monoisotopic (exact) mass is 447 g/mol. The fraction of sp³-hybridized carbons (Fsp3) is 0.522. The van der Waals surface area contributed by atoms with Crippen molar-refractivity contribution in [3.8, 4) is 0 Å². The number of carbonyl (C=O) groups is 1. The molecule has 0 aliphatic carbocycles. The highest BCUT2D eigenvalue weighted by atomic mass is 19.4. The average Bonchev–Trinajstić information content (AvgIpc) is 2.79. The van der Waals surface area contributed by atoms with E-state index >= 15 is 0 Å². The van der Waals surface area contributed by atoms with Gasteiger partial charge in [-0.2, -0.15) is 13.2 Å². The molecule has 9 heteroatoms. The first-order valence-electron chi connectivity index (χ1n) is 11.0. The van der Waals surface area contributed by atoms with Gasteiger partial charge in [-0.1, -0.05) is 6.07 Å². The van der Waals surface area contributed by atoms with Crippen molar-refractivity contribution in [3.05, 3.63) is 53.1 Å². The number of hydrogen-bond donors (Lipinski definition) is 0. The Balaban J connectivity index is 1.31. The SMILES string of the molecule is Cc1ncnc(C)c1C(=O)N1CCC(N2CCN(c3cccc(C(F)(F)F)c3)CC2)CC1. The zero-order valence-electron chi connectivity index (χ0n) is 18.4. The number of nitrogens with zero attached hydrogens (tertiary/aromatic N) is 5. The van der Waals surface area contributed by atoms with E-state index in [1.807, 2.05) is 23.6 Å². The Hall–Kier alpha value is -2.68. The molecule has 1 aromatic carbocycles. The quantitative estimate of drug-likeness (QED) is 0.721. The summed E-state index contributed by atoms with van der Waals surface area (Å²) in [5.74, 6) is -0.00610. The maximum atomic E-state index is 13.0. The Morgan fingerprint density at radius 3 is 2.19 bits per heavy atom. The van der Waals surface area contributed by atoms with Gasteiger partial charge in [0.1, 0.15) is 6.33 Å². The van der Waals surface area contributed by atoms with Crippen LogP contribution in [0, 0.1) is 13.8 Å². The topological polar surface area (TPSA) is 52.6 Å². The van der Waals surface area contributed by atoms with Crippen molar-refractivity contribution in [3.63, 3.8) is 0 Å². The van der Waals surface area contributed by atoms with Crippen LogP contribution in [0.1, 0.15) is 40.2 Å². The van der Waals surface area contributed by atoms with Gasteiger partial charge in [0.05, 0.1) is 22.5 Å². The largest absolute Gasteiger partial charge is 0.416 e. The van der Waals surface area contributed by atoms with E-state index in [2.05, 4.69) is 14.9 Å². The number of carbonyl (C=O) groups excluding carboxylic acids is 1. The first kappa shape index (κ1) is 22.5. The molecule has 3 heterocycles. The minimum Gasteiger partial charge on any atom is -0.369 e. The van der Waals surface area contributed by atoms with Crippen molar-refractivity contribution in [2.45, 2.75) is 38.9 Å². The Bertz CT molecular complexity index is 944. The molecular formula is C23H28F3N5O. The van der Waals surface area contributed by atoms with Crippen LogP contribution in [0.4, 0.5) is 18.9 Å². The highest BCUT2D eigenvalue weighted by Gasteiger charge is 2.33. The van der Waals surface area contributed by atoms with Gasteiger partial charge in [-0.3, -0.25) is 9.69 Å². The zero-order chi connectivity index (χ0) is 22.9. The van der Waals surface area contributed by atoms with E-state index in [9.17, 15) is 18.0 Å².